The number of nitrogens with one attached hydrogen (secondary N) is 1. The van der Waals surface area contributed by atoms with E-state index in [4.69, 9.17) is 10.5 Å². The van der Waals surface area contributed by atoms with Crippen molar-refractivity contribution in [3.63, 3.8) is 0 Å². The summed E-state index contributed by atoms with van der Waals surface area (Å²) in [4.78, 5) is 28.5. The summed E-state index contributed by atoms with van der Waals surface area (Å²) in [6, 6.07) is 7.24. The van der Waals surface area contributed by atoms with Gasteiger partial charge < -0.3 is 15.5 Å². The van der Waals surface area contributed by atoms with E-state index in [1.165, 1.54) is 4.80 Å². The minimum atomic E-state index is -0.494. The number of benzene rings is 1. The van der Waals surface area contributed by atoms with Crippen LogP contribution in [0.1, 0.15) is 27.2 Å². The summed E-state index contributed by atoms with van der Waals surface area (Å²) in [7, 11) is 0. The molecule has 146 valence electrons. The van der Waals surface area contributed by atoms with Gasteiger partial charge in [-0.1, -0.05) is 28.1 Å². The average molecular weight is 447 g/mol. The molecule has 2 aromatic heterocycles. The molecule has 1 aromatic carbocycles. The molecule has 0 saturated carbocycles. The maximum atomic E-state index is 13.0. The van der Waals surface area contributed by atoms with Crippen LogP contribution in [0.2, 0.25) is 0 Å². The first-order chi connectivity index (χ1) is 13.4. The lowest BCUT2D eigenvalue weighted by atomic mass is 9.99. The molecule has 0 spiro atoms. The van der Waals surface area contributed by atoms with Gasteiger partial charge in [0.25, 0.3) is 0 Å². The van der Waals surface area contributed by atoms with E-state index in [-0.39, 0.29) is 25.5 Å². The number of nitrogens with two attached hydrogens (primary N) is 1. The van der Waals surface area contributed by atoms with Crippen molar-refractivity contribution < 1.29 is 14.3 Å². The summed E-state index contributed by atoms with van der Waals surface area (Å²) < 4.78 is 5.74. The van der Waals surface area contributed by atoms with Gasteiger partial charge in [-0.05, 0) is 36.8 Å². The molecule has 0 bridgehead atoms. The molecule has 0 saturated heterocycles. The Morgan fingerprint density at radius 1 is 1.32 bits per heavy atom. The molecule has 3 aromatic rings. The normalized spacial score (nSPS) is 10.9. The van der Waals surface area contributed by atoms with Crippen LogP contribution < -0.4 is 5.73 Å². The highest BCUT2D eigenvalue weighted by atomic mass is 79.9. The number of hydrogen-bond acceptors (Lipinski definition) is 7. The summed E-state index contributed by atoms with van der Waals surface area (Å²) >= 11 is 3.39. The highest BCUT2D eigenvalue weighted by molar-refractivity contribution is 9.10. The maximum absolute atomic E-state index is 13.0. The monoisotopic (exact) mass is 446 g/mol. The summed E-state index contributed by atoms with van der Waals surface area (Å²) in [6.07, 6.45) is 0. The van der Waals surface area contributed by atoms with Gasteiger partial charge in [0.15, 0.2) is 5.78 Å². The van der Waals surface area contributed by atoms with Crippen molar-refractivity contribution in [3.8, 4) is 11.5 Å². The van der Waals surface area contributed by atoms with Crippen molar-refractivity contribution in [2.45, 2.75) is 20.4 Å². The number of nitrogens with zero attached hydrogens (tertiary/aromatic N) is 4. The molecule has 0 unspecified atom stereocenters. The fourth-order valence-electron chi connectivity index (χ4n) is 2.83. The molecule has 3 N–H and O–H groups in total. The number of hydrogen-bond donors (Lipinski definition) is 2. The molecule has 3 rings (SSSR count). The number of esters is 1. The smallest absolute Gasteiger partial charge is 0.319 e. The molecule has 0 atom stereocenters. The quantitative estimate of drug-likeness (QED) is 0.417. The largest absolute Gasteiger partial charge is 0.463 e. The minimum absolute atomic E-state index is 0.0834. The van der Waals surface area contributed by atoms with E-state index in [1.807, 2.05) is 26.0 Å². The molecule has 0 radical (unpaired) electrons. The van der Waals surface area contributed by atoms with E-state index >= 15 is 0 Å². The minimum Gasteiger partial charge on any atom is -0.463 e. The first-order valence-corrected chi connectivity index (χ1v) is 9.33. The van der Waals surface area contributed by atoms with Gasteiger partial charge in [0, 0.05) is 21.3 Å². The molecule has 0 aliphatic rings. The summed E-state index contributed by atoms with van der Waals surface area (Å²) in [6.45, 7) is 3.85. The topological polar surface area (TPSA) is 129 Å². The van der Waals surface area contributed by atoms with E-state index < -0.39 is 5.97 Å². The van der Waals surface area contributed by atoms with Crippen molar-refractivity contribution in [2.24, 2.45) is 5.73 Å². The Hall–Kier alpha value is -2.85. The summed E-state index contributed by atoms with van der Waals surface area (Å²) in [5, 5.41) is 12.3. The molecule has 0 amide bonds. The highest BCUT2D eigenvalue weighted by Crippen LogP contribution is 2.27. The van der Waals surface area contributed by atoms with Crippen LogP contribution >= 0.6 is 15.9 Å². The Bertz CT molecular complexity index is 1030. The first-order valence-electron chi connectivity index (χ1n) is 8.54. The van der Waals surface area contributed by atoms with Crippen molar-refractivity contribution in [3.05, 3.63) is 51.1 Å². The van der Waals surface area contributed by atoms with Gasteiger partial charge in [0.1, 0.15) is 6.61 Å². The number of ether oxygens (including phenoxy) is 1. The van der Waals surface area contributed by atoms with Crippen LogP contribution in [-0.2, 0) is 16.1 Å². The highest BCUT2D eigenvalue weighted by Gasteiger charge is 2.22. The average Bonchev–Trinajstić information content (AvgIpc) is 3.25. The van der Waals surface area contributed by atoms with Crippen LogP contribution in [0, 0.1) is 13.8 Å². The number of aromatic amines is 1. The first kappa shape index (κ1) is 19.9. The van der Waals surface area contributed by atoms with Crippen LogP contribution in [0.5, 0.6) is 0 Å². The van der Waals surface area contributed by atoms with Crippen molar-refractivity contribution in [1.82, 2.24) is 25.2 Å². The number of ketones is 1. The zero-order valence-corrected chi connectivity index (χ0v) is 17.0. The number of carbonyl (C=O) groups is 2. The second kappa shape index (κ2) is 8.44. The van der Waals surface area contributed by atoms with E-state index in [0.717, 1.165) is 15.7 Å². The molecule has 10 heteroatoms. The van der Waals surface area contributed by atoms with Crippen molar-refractivity contribution in [1.29, 1.82) is 0 Å². The van der Waals surface area contributed by atoms with E-state index in [2.05, 4.69) is 36.3 Å². The van der Waals surface area contributed by atoms with Crippen LogP contribution in [0.3, 0.4) is 0 Å². The van der Waals surface area contributed by atoms with Crippen LogP contribution in [-0.4, -0.2) is 50.1 Å². The molecule has 0 fully saturated rings. The lowest BCUT2D eigenvalue weighted by molar-refractivity contribution is -0.142. The zero-order chi connectivity index (χ0) is 20.3. The molecule has 2 heterocycles. The van der Waals surface area contributed by atoms with Gasteiger partial charge in [0.05, 0.1) is 18.8 Å². The Balaban J connectivity index is 1.82. The third-order valence-electron chi connectivity index (χ3n) is 4.15. The SMILES string of the molecule is Cc1[nH]c(-c2nnn(CCOC(=O)CN)n2)c(C)c1C(=O)c1cccc(Br)c1. The van der Waals surface area contributed by atoms with Crippen molar-refractivity contribution >= 4 is 27.7 Å². The fraction of sp³-hybridized carbons (Fsp3) is 0.278. The summed E-state index contributed by atoms with van der Waals surface area (Å²) in [5.74, 6) is -0.217. The molecule has 28 heavy (non-hydrogen) atoms. The third-order valence-corrected chi connectivity index (χ3v) is 4.64. The second-order valence-corrected chi connectivity index (χ2v) is 7.01. The lowest BCUT2D eigenvalue weighted by Crippen LogP contribution is -2.19. The third kappa shape index (κ3) is 4.18. The second-order valence-electron chi connectivity index (χ2n) is 6.10. The standard InChI is InChI=1S/C18H19BrN6O3/c1-10-15(17(27)12-4-3-5-13(19)8-12)11(2)21-16(10)18-22-24-25(23-18)6-7-28-14(26)9-20/h3-5,8,21H,6-7,9,20H2,1-2H3. The number of H-pyrrole nitrogens is 1. The molecular formula is C18H19BrN6O3. The van der Waals surface area contributed by atoms with Crippen LogP contribution in [0.4, 0.5) is 0 Å². The van der Waals surface area contributed by atoms with Gasteiger partial charge in [0.2, 0.25) is 5.82 Å². The van der Waals surface area contributed by atoms with Gasteiger partial charge in [-0.3, -0.25) is 9.59 Å². The Morgan fingerprint density at radius 2 is 2.11 bits per heavy atom. The molecular weight excluding hydrogens is 428 g/mol. The molecule has 0 aliphatic heterocycles. The fourth-order valence-corrected chi connectivity index (χ4v) is 3.23. The van der Waals surface area contributed by atoms with Crippen molar-refractivity contribution in [2.75, 3.05) is 13.2 Å². The Morgan fingerprint density at radius 3 is 2.82 bits per heavy atom. The predicted octanol–water partition coefficient (Wildman–Crippen LogP) is 1.78. The number of aryl methyl sites for hydroxylation is 1. The lowest BCUT2D eigenvalue weighted by Gasteiger charge is -2.03. The van der Waals surface area contributed by atoms with Gasteiger partial charge in [-0.2, -0.15) is 4.80 Å². The zero-order valence-electron chi connectivity index (χ0n) is 15.4. The number of aromatic nitrogens is 5. The van der Waals surface area contributed by atoms with Gasteiger partial charge >= 0.3 is 5.97 Å². The number of carbonyl (C=O) groups excluding carboxylic acids is 2. The van der Waals surface area contributed by atoms with E-state index in [9.17, 15) is 9.59 Å². The van der Waals surface area contributed by atoms with Gasteiger partial charge in [-0.15, -0.1) is 10.2 Å². The number of rotatable bonds is 7. The number of tetrazole rings is 1. The van der Waals surface area contributed by atoms with Crippen LogP contribution in [0.15, 0.2) is 28.7 Å². The van der Waals surface area contributed by atoms with Crippen LogP contribution in [0.25, 0.3) is 11.5 Å². The molecule has 9 nitrogen and oxygen atoms in total. The van der Waals surface area contributed by atoms with E-state index in [1.54, 1.807) is 12.1 Å². The Kier molecular flexibility index (Phi) is 6.00. The molecule has 0 aliphatic carbocycles. The Labute approximate surface area is 169 Å². The predicted molar refractivity (Wildman–Crippen MR) is 105 cm³/mol. The summed E-state index contributed by atoms with van der Waals surface area (Å²) in [5.41, 5.74) is 8.45. The van der Waals surface area contributed by atoms with E-state index in [0.29, 0.717) is 22.6 Å². The van der Waals surface area contributed by atoms with Gasteiger partial charge in [-0.25, -0.2) is 0 Å². The number of halogens is 1. The maximum Gasteiger partial charge on any atom is 0.319 e.